The van der Waals surface area contributed by atoms with Crippen LogP contribution in [-0.4, -0.2) is 72.4 Å². The maximum absolute atomic E-state index is 12.4. The van der Waals surface area contributed by atoms with E-state index in [0.717, 1.165) is 55.1 Å². The molecule has 7 nitrogen and oxygen atoms in total. The molecule has 1 aliphatic rings. The van der Waals surface area contributed by atoms with Gasteiger partial charge >= 0.3 is 6.18 Å². The second kappa shape index (κ2) is 13.7. The highest BCUT2D eigenvalue weighted by atomic mass is 19.4. The van der Waals surface area contributed by atoms with Crippen LogP contribution in [0.2, 0.25) is 0 Å². The van der Waals surface area contributed by atoms with Gasteiger partial charge in [0, 0.05) is 43.8 Å². The van der Waals surface area contributed by atoms with Crippen LogP contribution in [0.5, 0.6) is 0 Å². The van der Waals surface area contributed by atoms with Crippen molar-refractivity contribution in [1.29, 1.82) is 0 Å². The van der Waals surface area contributed by atoms with E-state index in [4.69, 9.17) is 9.57 Å². The molecule has 0 atom stereocenters. The molecule has 0 unspecified atom stereocenters. The highest BCUT2D eigenvalue weighted by Crippen LogP contribution is 2.25. The van der Waals surface area contributed by atoms with Gasteiger partial charge in [-0.3, -0.25) is 9.20 Å². The van der Waals surface area contributed by atoms with Crippen LogP contribution in [0.1, 0.15) is 43.2 Å². The molecule has 0 aliphatic carbocycles. The zero-order chi connectivity index (χ0) is 27.7. The van der Waals surface area contributed by atoms with Gasteiger partial charge in [0.2, 0.25) is 0 Å². The molecule has 4 rings (SSSR count). The lowest BCUT2D eigenvalue weighted by atomic mass is 9.94. The van der Waals surface area contributed by atoms with E-state index in [0.29, 0.717) is 18.1 Å². The zero-order valence-electron chi connectivity index (χ0n) is 22.2. The van der Waals surface area contributed by atoms with Crippen LogP contribution in [0, 0.1) is 5.92 Å². The van der Waals surface area contributed by atoms with E-state index in [1.54, 1.807) is 31.7 Å². The standard InChI is InChI=1S/C29H35F3N4O3/c1-38-16-14-35-11-6-22(7-12-35)9-15-39-34-20-24-8-13-36-27(21-33-28(36)19-24)25-4-2-3-23(17-25)18-26(37)5-10-29(30,31)32/h2-4,8,13,17,19-22H,5-7,9-12,14-16,18H2,1H3/b34-20-. The van der Waals surface area contributed by atoms with Crippen molar-refractivity contribution < 1.29 is 27.5 Å². The van der Waals surface area contributed by atoms with E-state index in [1.165, 1.54) is 12.8 Å². The SMILES string of the molecule is COCCN1CCC(CCO/N=C\c2ccn3c(-c4cccc(CC(=O)CCC(F)(F)F)c4)cnc3c2)CC1. The first-order valence-electron chi connectivity index (χ1n) is 13.3. The van der Waals surface area contributed by atoms with Gasteiger partial charge in [-0.05, 0) is 62.0 Å². The minimum absolute atomic E-state index is 0.0329. The molecule has 1 fully saturated rings. The van der Waals surface area contributed by atoms with Gasteiger partial charge < -0.3 is 14.5 Å². The van der Waals surface area contributed by atoms with Crippen LogP contribution in [0.15, 0.2) is 53.9 Å². The van der Waals surface area contributed by atoms with Gasteiger partial charge in [0.1, 0.15) is 18.0 Å². The molecule has 0 radical (unpaired) electrons. The summed E-state index contributed by atoms with van der Waals surface area (Å²) in [5.41, 5.74) is 3.91. The average Bonchev–Trinajstić information content (AvgIpc) is 3.34. The average molecular weight is 545 g/mol. The topological polar surface area (TPSA) is 68.4 Å². The van der Waals surface area contributed by atoms with E-state index in [1.807, 2.05) is 34.9 Å². The molecule has 1 aromatic carbocycles. The Labute approximate surface area is 226 Å². The molecule has 10 heteroatoms. The third-order valence-corrected chi connectivity index (χ3v) is 7.06. The summed E-state index contributed by atoms with van der Waals surface area (Å²) in [6, 6.07) is 11.1. The Hall–Kier alpha value is -3.24. The number of nitrogens with zero attached hydrogens (tertiary/aromatic N) is 4. The van der Waals surface area contributed by atoms with Gasteiger partial charge in [0.05, 0.1) is 31.1 Å². The number of imidazole rings is 1. The number of likely N-dealkylation sites (tertiary alicyclic amines) is 1. The number of ketones is 1. The number of rotatable bonds is 13. The van der Waals surface area contributed by atoms with Gasteiger partial charge in [-0.1, -0.05) is 23.4 Å². The van der Waals surface area contributed by atoms with Crippen molar-refractivity contribution in [3.8, 4) is 11.3 Å². The number of methoxy groups -OCH3 is 1. The quantitative estimate of drug-likeness (QED) is 0.160. The third-order valence-electron chi connectivity index (χ3n) is 7.06. The minimum atomic E-state index is -4.33. The van der Waals surface area contributed by atoms with Gasteiger partial charge in [-0.25, -0.2) is 4.98 Å². The number of hydrogen-bond acceptors (Lipinski definition) is 6. The fourth-order valence-electron chi connectivity index (χ4n) is 4.82. The van der Waals surface area contributed by atoms with Crippen molar-refractivity contribution in [2.75, 3.05) is 40.0 Å². The van der Waals surface area contributed by atoms with E-state index in [2.05, 4.69) is 15.0 Å². The van der Waals surface area contributed by atoms with Crippen LogP contribution in [0.25, 0.3) is 16.9 Å². The lowest BCUT2D eigenvalue weighted by molar-refractivity contribution is -0.143. The summed E-state index contributed by atoms with van der Waals surface area (Å²) in [4.78, 5) is 24.5. The second-order valence-corrected chi connectivity index (χ2v) is 10.00. The van der Waals surface area contributed by atoms with E-state index in [-0.39, 0.29) is 6.42 Å². The summed E-state index contributed by atoms with van der Waals surface area (Å²) in [6.45, 7) is 4.57. The van der Waals surface area contributed by atoms with Crippen LogP contribution in [0.4, 0.5) is 13.2 Å². The first-order valence-corrected chi connectivity index (χ1v) is 13.3. The monoisotopic (exact) mass is 544 g/mol. The maximum atomic E-state index is 12.4. The Balaban J connectivity index is 1.28. The number of hydrogen-bond donors (Lipinski definition) is 0. The van der Waals surface area contributed by atoms with Gasteiger partial charge in [0.15, 0.2) is 0 Å². The molecular weight excluding hydrogens is 509 g/mol. The van der Waals surface area contributed by atoms with Crippen LogP contribution in [-0.2, 0) is 20.8 Å². The Morgan fingerprint density at radius 1 is 1.18 bits per heavy atom. The smallest absolute Gasteiger partial charge is 0.389 e. The van der Waals surface area contributed by atoms with E-state index >= 15 is 0 Å². The van der Waals surface area contributed by atoms with Crippen molar-refractivity contribution in [1.82, 2.24) is 14.3 Å². The Morgan fingerprint density at radius 3 is 2.77 bits per heavy atom. The number of halogens is 3. The highest BCUT2D eigenvalue weighted by Gasteiger charge is 2.27. The molecule has 0 spiro atoms. The number of piperidine rings is 1. The first-order chi connectivity index (χ1) is 18.8. The molecule has 0 saturated carbocycles. The molecular formula is C29H35F3N4O3. The number of aromatic nitrogens is 2. The molecule has 1 aliphatic heterocycles. The van der Waals surface area contributed by atoms with Crippen molar-refractivity contribution in [2.24, 2.45) is 11.1 Å². The minimum Gasteiger partial charge on any atom is -0.396 e. The number of fused-ring (bicyclic) bond motifs is 1. The highest BCUT2D eigenvalue weighted by molar-refractivity contribution is 5.82. The number of carbonyl (C=O) groups excluding carboxylic acids is 1. The fourth-order valence-corrected chi connectivity index (χ4v) is 4.82. The summed E-state index contributed by atoms with van der Waals surface area (Å²) in [6.07, 6.45) is 2.67. The molecule has 0 N–H and O–H groups in total. The largest absolute Gasteiger partial charge is 0.396 e. The number of ether oxygens (including phenoxy) is 1. The van der Waals surface area contributed by atoms with Crippen molar-refractivity contribution in [3.05, 3.63) is 59.9 Å². The number of pyridine rings is 1. The summed E-state index contributed by atoms with van der Waals surface area (Å²) in [5.74, 6) is 0.229. The van der Waals surface area contributed by atoms with Crippen LogP contribution < -0.4 is 0 Å². The fraction of sp³-hybridized carbons (Fsp3) is 0.483. The molecule has 0 amide bonds. The van der Waals surface area contributed by atoms with Crippen LogP contribution >= 0.6 is 0 Å². The predicted octanol–water partition coefficient (Wildman–Crippen LogP) is 5.55. The Bertz CT molecular complexity index is 1250. The molecule has 3 heterocycles. The summed E-state index contributed by atoms with van der Waals surface area (Å²) in [7, 11) is 1.74. The third kappa shape index (κ3) is 8.90. The van der Waals surface area contributed by atoms with Crippen molar-refractivity contribution in [3.63, 3.8) is 0 Å². The molecule has 2 aromatic heterocycles. The summed E-state index contributed by atoms with van der Waals surface area (Å²) < 4.78 is 44.3. The first kappa shape index (κ1) is 28.8. The summed E-state index contributed by atoms with van der Waals surface area (Å²) >= 11 is 0. The maximum Gasteiger partial charge on any atom is 0.389 e. The summed E-state index contributed by atoms with van der Waals surface area (Å²) in [5, 5.41) is 4.13. The lowest BCUT2D eigenvalue weighted by Crippen LogP contribution is -2.36. The number of oxime groups is 1. The van der Waals surface area contributed by atoms with Crippen molar-refractivity contribution in [2.45, 2.75) is 44.7 Å². The molecule has 210 valence electrons. The Morgan fingerprint density at radius 2 is 2.00 bits per heavy atom. The van der Waals surface area contributed by atoms with Gasteiger partial charge in [-0.15, -0.1) is 0 Å². The number of carbonyl (C=O) groups is 1. The van der Waals surface area contributed by atoms with Crippen LogP contribution in [0.3, 0.4) is 0 Å². The number of benzene rings is 1. The molecule has 3 aromatic rings. The predicted molar refractivity (Wildman–Crippen MR) is 144 cm³/mol. The normalized spacial score (nSPS) is 15.4. The number of Topliss-reactive ketones (excluding diaryl/α,β-unsaturated/α-hetero) is 1. The lowest BCUT2D eigenvalue weighted by Gasteiger charge is -2.31. The van der Waals surface area contributed by atoms with Crippen molar-refractivity contribution >= 4 is 17.6 Å². The second-order valence-electron chi connectivity index (χ2n) is 10.00. The molecule has 1 saturated heterocycles. The van der Waals surface area contributed by atoms with E-state index < -0.39 is 24.8 Å². The molecule has 0 bridgehead atoms. The van der Waals surface area contributed by atoms with E-state index in [9.17, 15) is 18.0 Å². The molecule has 39 heavy (non-hydrogen) atoms. The number of alkyl halides is 3. The Kier molecular flexibility index (Phi) is 10.1. The van der Waals surface area contributed by atoms with Gasteiger partial charge in [-0.2, -0.15) is 13.2 Å². The van der Waals surface area contributed by atoms with Gasteiger partial charge in [0.25, 0.3) is 0 Å². The zero-order valence-corrected chi connectivity index (χ0v) is 22.2.